The van der Waals surface area contributed by atoms with Crippen LogP contribution in [0.5, 0.6) is 0 Å². The Bertz CT molecular complexity index is 1260. The summed E-state index contributed by atoms with van der Waals surface area (Å²) in [6, 6.07) is 15.1. The Labute approximate surface area is 222 Å². The number of rotatable bonds is 9. The number of hydrogen-bond donors (Lipinski definition) is 3. The number of nitrogens with zero attached hydrogens (tertiary/aromatic N) is 1. The number of carboxylic acid groups (broad SMARTS) is 1. The predicted molar refractivity (Wildman–Crippen MR) is 145 cm³/mol. The number of carboxylic acids is 1. The van der Waals surface area contributed by atoms with Crippen LogP contribution >= 0.6 is 0 Å². The minimum atomic E-state index is -1.13. The van der Waals surface area contributed by atoms with Crippen LogP contribution in [0.1, 0.15) is 63.5 Å². The topological polar surface area (TPSA) is 125 Å². The maximum atomic E-state index is 12.5. The number of amides is 1. The minimum absolute atomic E-state index is 0.0411. The second kappa shape index (κ2) is 11.2. The largest absolute Gasteiger partial charge is 0.511 e. The number of Topliss-reactive ketones (excluding diaryl/α,β-unsaturated/α-hetero) is 1. The van der Waals surface area contributed by atoms with Crippen molar-refractivity contribution in [3.63, 3.8) is 0 Å². The molecule has 0 saturated carbocycles. The zero-order valence-electron chi connectivity index (χ0n) is 22.0. The van der Waals surface area contributed by atoms with Crippen molar-refractivity contribution in [3.8, 4) is 11.1 Å². The molecule has 8 nitrogen and oxygen atoms in total. The van der Waals surface area contributed by atoms with Gasteiger partial charge in [-0.15, -0.1) is 0 Å². The zero-order valence-corrected chi connectivity index (χ0v) is 22.0. The molecule has 0 bridgehead atoms. The highest BCUT2D eigenvalue weighted by molar-refractivity contribution is 6.22. The summed E-state index contributed by atoms with van der Waals surface area (Å²) in [6.07, 6.45) is 0.543. The Morgan fingerprint density at radius 2 is 1.68 bits per heavy atom. The van der Waals surface area contributed by atoms with Crippen LogP contribution in [0.25, 0.3) is 11.1 Å². The highest BCUT2D eigenvalue weighted by Crippen LogP contribution is 2.44. The van der Waals surface area contributed by atoms with E-state index in [2.05, 4.69) is 22.4 Å². The third kappa shape index (κ3) is 5.96. The Balaban J connectivity index is 1.29. The first kappa shape index (κ1) is 27.1. The lowest BCUT2D eigenvalue weighted by Crippen LogP contribution is -2.30. The number of aliphatic imine (C=N–C) groups is 1. The van der Waals surface area contributed by atoms with Gasteiger partial charge in [0, 0.05) is 31.0 Å². The lowest BCUT2D eigenvalue weighted by Gasteiger charge is -2.29. The molecule has 0 saturated heterocycles. The van der Waals surface area contributed by atoms with Crippen molar-refractivity contribution in [2.45, 2.75) is 58.4 Å². The fourth-order valence-corrected chi connectivity index (χ4v) is 5.38. The summed E-state index contributed by atoms with van der Waals surface area (Å²) in [7, 11) is 0. The second-order valence-corrected chi connectivity index (χ2v) is 10.7. The van der Waals surface area contributed by atoms with Crippen molar-refractivity contribution in [2.24, 2.45) is 10.4 Å². The first-order valence-electron chi connectivity index (χ1n) is 12.9. The van der Waals surface area contributed by atoms with E-state index in [-0.39, 0.29) is 60.2 Å². The number of hydrogen-bond acceptors (Lipinski definition) is 6. The SMILES string of the molecule is CC(=N[C@H](CCCNC(=O)OCC1c2ccccc2-c2ccccc21)C(=O)O)C1=C(O)CC(C)(C)CC1=O. The molecule has 2 aromatic carbocycles. The summed E-state index contributed by atoms with van der Waals surface area (Å²) < 4.78 is 5.51. The van der Waals surface area contributed by atoms with Crippen molar-refractivity contribution in [2.75, 3.05) is 13.2 Å². The quantitative estimate of drug-likeness (QED) is 0.301. The molecule has 2 aliphatic carbocycles. The van der Waals surface area contributed by atoms with Crippen LogP contribution in [0.2, 0.25) is 0 Å². The molecule has 2 aromatic rings. The molecule has 1 atom stereocenters. The minimum Gasteiger partial charge on any atom is -0.511 e. The molecular formula is C30H34N2O6. The molecule has 0 radical (unpaired) electrons. The van der Waals surface area contributed by atoms with Crippen LogP contribution in [0.3, 0.4) is 0 Å². The molecule has 38 heavy (non-hydrogen) atoms. The van der Waals surface area contributed by atoms with Gasteiger partial charge in [0.05, 0.1) is 5.57 Å². The van der Waals surface area contributed by atoms with E-state index in [1.165, 1.54) is 0 Å². The van der Waals surface area contributed by atoms with Crippen LogP contribution < -0.4 is 5.32 Å². The summed E-state index contributed by atoms with van der Waals surface area (Å²) in [4.78, 5) is 40.9. The van der Waals surface area contributed by atoms with Gasteiger partial charge in [0.1, 0.15) is 18.4 Å². The number of aliphatic hydroxyl groups excluding tert-OH is 1. The maximum absolute atomic E-state index is 12.5. The fraction of sp³-hybridized carbons (Fsp3) is 0.400. The Kier molecular flexibility index (Phi) is 7.99. The summed E-state index contributed by atoms with van der Waals surface area (Å²) in [6.45, 7) is 5.76. The van der Waals surface area contributed by atoms with Gasteiger partial charge in [-0.2, -0.15) is 0 Å². The monoisotopic (exact) mass is 518 g/mol. The standard InChI is InChI=1S/C30H34N2O6/c1-18(27-25(33)15-30(2,3)16-26(27)34)32-24(28(35)36)13-8-14-31-29(37)38-17-23-21-11-6-4-9-19(21)20-10-5-7-12-22(20)23/h4-7,9-12,23-24,33H,8,13-17H2,1-3H3,(H,31,37)(H,35,36)/t24-/m1/s1. The van der Waals surface area contributed by atoms with Gasteiger partial charge in [0.2, 0.25) is 0 Å². The van der Waals surface area contributed by atoms with Crippen molar-refractivity contribution >= 4 is 23.6 Å². The number of ketones is 1. The Morgan fingerprint density at radius 1 is 1.08 bits per heavy atom. The molecule has 4 rings (SSSR count). The molecule has 3 N–H and O–H groups in total. The summed E-state index contributed by atoms with van der Waals surface area (Å²) in [5, 5.41) is 22.7. The average Bonchev–Trinajstić information content (AvgIpc) is 3.17. The first-order valence-corrected chi connectivity index (χ1v) is 12.9. The smallest absolute Gasteiger partial charge is 0.407 e. The lowest BCUT2D eigenvalue weighted by atomic mass is 9.75. The predicted octanol–water partition coefficient (Wildman–Crippen LogP) is 5.42. The summed E-state index contributed by atoms with van der Waals surface area (Å²) in [5.41, 5.74) is 4.54. The number of nitrogens with one attached hydrogen (secondary N) is 1. The number of ether oxygens (including phenoxy) is 1. The molecule has 1 amide bonds. The van der Waals surface area contributed by atoms with E-state index in [0.717, 1.165) is 22.3 Å². The van der Waals surface area contributed by atoms with Gasteiger partial charge >= 0.3 is 12.1 Å². The van der Waals surface area contributed by atoms with Crippen LogP contribution in [-0.2, 0) is 14.3 Å². The molecule has 0 unspecified atom stereocenters. The van der Waals surface area contributed by atoms with Crippen LogP contribution in [0.15, 0.2) is 64.9 Å². The van der Waals surface area contributed by atoms with Crippen LogP contribution in [0.4, 0.5) is 4.79 Å². The molecule has 200 valence electrons. The molecule has 2 aliphatic rings. The van der Waals surface area contributed by atoms with Gasteiger partial charge in [-0.1, -0.05) is 62.4 Å². The van der Waals surface area contributed by atoms with Crippen molar-refractivity contribution in [3.05, 3.63) is 71.0 Å². The number of benzene rings is 2. The number of alkyl carbamates (subject to hydrolysis) is 1. The van der Waals surface area contributed by atoms with E-state index in [1.54, 1.807) is 6.92 Å². The van der Waals surface area contributed by atoms with E-state index in [4.69, 9.17) is 4.74 Å². The summed E-state index contributed by atoms with van der Waals surface area (Å²) in [5.74, 6) is -1.45. The average molecular weight is 519 g/mol. The van der Waals surface area contributed by atoms with E-state index in [9.17, 15) is 24.6 Å². The lowest BCUT2D eigenvalue weighted by molar-refractivity contribution is -0.138. The molecular weight excluding hydrogens is 484 g/mol. The van der Waals surface area contributed by atoms with E-state index >= 15 is 0 Å². The van der Waals surface area contributed by atoms with Gasteiger partial charge in [-0.05, 0) is 47.4 Å². The van der Waals surface area contributed by atoms with Crippen LogP contribution in [0, 0.1) is 5.41 Å². The highest BCUT2D eigenvalue weighted by atomic mass is 16.5. The fourth-order valence-electron chi connectivity index (χ4n) is 5.38. The van der Waals surface area contributed by atoms with E-state index in [1.807, 2.05) is 50.2 Å². The highest BCUT2D eigenvalue weighted by Gasteiger charge is 2.34. The van der Waals surface area contributed by atoms with E-state index in [0.29, 0.717) is 12.8 Å². The maximum Gasteiger partial charge on any atom is 0.407 e. The first-order chi connectivity index (χ1) is 18.1. The normalized spacial score (nSPS) is 17.6. The Hall–Kier alpha value is -3.94. The third-order valence-electron chi connectivity index (χ3n) is 7.12. The van der Waals surface area contributed by atoms with Gasteiger partial charge in [0.25, 0.3) is 0 Å². The second-order valence-electron chi connectivity index (χ2n) is 10.7. The molecule has 0 heterocycles. The van der Waals surface area contributed by atoms with Crippen molar-refractivity contribution < 1.29 is 29.3 Å². The van der Waals surface area contributed by atoms with Crippen LogP contribution in [-0.4, -0.2) is 53.0 Å². The number of aliphatic hydroxyl groups is 1. The molecule has 0 fully saturated rings. The van der Waals surface area contributed by atoms with Gasteiger partial charge < -0.3 is 20.3 Å². The number of allylic oxidation sites excluding steroid dienone is 2. The zero-order chi connectivity index (χ0) is 27.4. The third-order valence-corrected chi connectivity index (χ3v) is 7.12. The summed E-state index contributed by atoms with van der Waals surface area (Å²) >= 11 is 0. The van der Waals surface area contributed by atoms with Gasteiger partial charge in [-0.3, -0.25) is 9.79 Å². The Morgan fingerprint density at radius 3 is 2.26 bits per heavy atom. The van der Waals surface area contributed by atoms with E-state index < -0.39 is 18.1 Å². The molecule has 0 spiro atoms. The number of fused-ring (bicyclic) bond motifs is 3. The number of aliphatic carboxylic acids is 1. The van der Waals surface area contributed by atoms with Gasteiger partial charge in [-0.25, -0.2) is 9.59 Å². The van der Waals surface area contributed by atoms with Gasteiger partial charge in [0.15, 0.2) is 5.78 Å². The molecule has 0 aliphatic heterocycles. The number of carbonyl (C=O) groups is 3. The van der Waals surface area contributed by atoms with Crippen molar-refractivity contribution in [1.29, 1.82) is 0 Å². The molecule has 0 aromatic heterocycles. The van der Waals surface area contributed by atoms with Crippen molar-refractivity contribution in [1.82, 2.24) is 5.32 Å². The molecule has 8 heteroatoms. The number of carbonyl (C=O) groups excluding carboxylic acids is 2.